The van der Waals surface area contributed by atoms with E-state index in [0.29, 0.717) is 13.1 Å². The second-order valence-electron chi connectivity index (χ2n) is 7.23. The first kappa shape index (κ1) is 19.8. The van der Waals surface area contributed by atoms with E-state index in [1.54, 1.807) is 4.90 Å². The lowest BCUT2D eigenvalue weighted by atomic mass is 9.96. The van der Waals surface area contributed by atoms with E-state index in [1.807, 2.05) is 0 Å². The van der Waals surface area contributed by atoms with Crippen molar-refractivity contribution in [2.45, 2.75) is 76.3 Å². The van der Waals surface area contributed by atoms with E-state index in [0.717, 1.165) is 38.5 Å². The molecule has 2 saturated carbocycles. The van der Waals surface area contributed by atoms with Crippen LogP contribution in [0.15, 0.2) is 0 Å². The summed E-state index contributed by atoms with van der Waals surface area (Å²) in [7, 11) is 0. The van der Waals surface area contributed by atoms with Crippen LogP contribution in [0.1, 0.15) is 64.2 Å². The number of aliphatic hydroxyl groups excluding tert-OH is 1. The van der Waals surface area contributed by atoms with Gasteiger partial charge in [-0.3, -0.25) is 0 Å². The van der Waals surface area contributed by atoms with Crippen LogP contribution < -0.4 is 16.0 Å². The van der Waals surface area contributed by atoms with Crippen molar-refractivity contribution >= 4 is 12.1 Å². The Morgan fingerprint density at radius 3 is 1.96 bits per heavy atom. The van der Waals surface area contributed by atoms with Crippen LogP contribution in [0.25, 0.3) is 0 Å². The fourth-order valence-electron chi connectivity index (χ4n) is 3.74. The van der Waals surface area contributed by atoms with Crippen LogP contribution in [0, 0.1) is 0 Å². The van der Waals surface area contributed by atoms with Gasteiger partial charge >= 0.3 is 12.1 Å². The Hall–Kier alpha value is -1.50. The van der Waals surface area contributed by atoms with Crippen molar-refractivity contribution in [3.63, 3.8) is 0 Å². The Bertz CT molecular complexity index is 407. The van der Waals surface area contributed by atoms with Crippen LogP contribution in [0.4, 0.5) is 9.59 Å². The third-order valence-corrected chi connectivity index (χ3v) is 5.20. The highest BCUT2D eigenvalue weighted by molar-refractivity contribution is 5.75. The lowest BCUT2D eigenvalue weighted by Gasteiger charge is -2.28. The molecule has 0 atom stereocenters. The standard InChI is InChI=1S/C18H34N4O3/c23-14-13-22(18(25)21-16-9-5-2-6-10-16)12-11-19-17(24)20-15-7-3-1-4-8-15/h15-16,23H,1-14H2,(H,21,25)(H2,19,20,24). The summed E-state index contributed by atoms with van der Waals surface area (Å²) in [5.74, 6) is 0. The quantitative estimate of drug-likeness (QED) is 0.563. The van der Waals surface area contributed by atoms with Crippen LogP contribution in [0.5, 0.6) is 0 Å². The van der Waals surface area contributed by atoms with Gasteiger partial charge in [-0.05, 0) is 25.7 Å². The average molecular weight is 354 g/mol. The molecule has 25 heavy (non-hydrogen) atoms. The monoisotopic (exact) mass is 354 g/mol. The van der Waals surface area contributed by atoms with Crippen LogP contribution in [-0.4, -0.2) is 60.4 Å². The normalized spacial score (nSPS) is 19.2. The van der Waals surface area contributed by atoms with Gasteiger partial charge in [-0.25, -0.2) is 9.59 Å². The largest absolute Gasteiger partial charge is 0.395 e. The smallest absolute Gasteiger partial charge is 0.317 e. The van der Waals surface area contributed by atoms with E-state index in [2.05, 4.69) is 16.0 Å². The van der Waals surface area contributed by atoms with Gasteiger partial charge in [-0.1, -0.05) is 38.5 Å². The van der Waals surface area contributed by atoms with E-state index in [4.69, 9.17) is 0 Å². The van der Waals surface area contributed by atoms with Crippen molar-refractivity contribution in [3.05, 3.63) is 0 Å². The van der Waals surface area contributed by atoms with Crippen molar-refractivity contribution in [2.24, 2.45) is 0 Å². The summed E-state index contributed by atoms with van der Waals surface area (Å²) in [5.41, 5.74) is 0. The third-order valence-electron chi connectivity index (χ3n) is 5.20. The highest BCUT2D eigenvalue weighted by Gasteiger charge is 2.20. The summed E-state index contributed by atoms with van der Waals surface area (Å²) in [6.45, 7) is 0.991. The predicted molar refractivity (Wildman–Crippen MR) is 97.5 cm³/mol. The minimum absolute atomic E-state index is 0.0770. The lowest BCUT2D eigenvalue weighted by molar-refractivity contribution is 0.171. The molecule has 2 aliphatic carbocycles. The number of rotatable bonds is 7. The first-order valence-corrected chi connectivity index (χ1v) is 9.89. The van der Waals surface area contributed by atoms with Crippen molar-refractivity contribution < 1.29 is 14.7 Å². The molecule has 4 amide bonds. The molecule has 0 radical (unpaired) electrons. The Balaban J connectivity index is 1.66. The molecule has 0 aliphatic heterocycles. The molecule has 144 valence electrons. The fraction of sp³-hybridized carbons (Fsp3) is 0.889. The number of aliphatic hydroxyl groups is 1. The molecule has 0 aromatic rings. The number of hydrogen-bond acceptors (Lipinski definition) is 3. The van der Waals surface area contributed by atoms with Crippen LogP contribution in [0.2, 0.25) is 0 Å². The number of hydrogen-bond donors (Lipinski definition) is 4. The Morgan fingerprint density at radius 2 is 1.40 bits per heavy atom. The van der Waals surface area contributed by atoms with E-state index >= 15 is 0 Å². The maximum atomic E-state index is 12.4. The summed E-state index contributed by atoms with van der Waals surface area (Å²) < 4.78 is 0. The molecule has 0 saturated heterocycles. The zero-order valence-electron chi connectivity index (χ0n) is 15.3. The summed E-state index contributed by atoms with van der Waals surface area (Å²) in [5, 5.41) is 18.1. The number of carbonyl (C=O) groups is 2. The molecule has 0 heterocycles. The maximum absolute atomic E-state index is 12.4. The number of amides is 4. The maximum Gasteiger partial charge on any atom is 0.317 e. The van der Waals surface area contributed by atoms with Crippen molar-refractivity contribution in [1.82, 2.24) is 20.9 Å². The Kier molecular flexibility index (Phi) is 8.86. The van der Waals surface area contributed by atoms with Gasteiger partial charge in [-0.2, -0.15) is 0 Å². The minimum atomic E-state index is -0.163. The first-order chi connectivity index (χ1) is 12.2. The SMILES string of the molecule is O=C(NCCN(CCO)C(=O)NC1CCCCC1)NC1CCCCC1. The van der Waals surface area contributed by atoms with Gasteiger partial charge in [0.15, 0.2) is 0 Å². The molecule has 0 unspecified atom stereocenters. The summed E-state index contributed by atoms with van der Waals surface area (Å²) in [4.78, 5) is 25.9. The number of nitrogens with one attached hydrogen (secondary N) is 3. The molecule has 2 rings (SSSR count). The van der Waals surface area contributed by atoms with Gasteiger partial charge in [0.25, 0.3) is 0 Å². The van der Waals surface area contributed by atoms with Gasteiger partial charge < -0.3 is 26.0 Å². The van der Waals surface area contributed by atoms with Crippen LogP contribution in [0.3, 0.4) is 0 Å². The minimum Gasteiger partial charge on any atom is -0.395 e. The van der Waals surface area contributed by atoms with E-state index in [1.165, 1.54) is 25.7 Å². The number of carbonyl (C=O) groups excluding carboxylic acids is 2. The third kappa shape index (κ3) is 7.50. The van der Waals surface area contributed by atoms with E-state index in [-0.39, 0.29) is 37.3 Å². The molecule has 7 heteroatoms. The molecule has 0 aromatic carbocycles. The molecule has 2 fully saturated rings. The van der Waals surface area contributed by atoms with Crippen molar-refractivity contribution in [2.75, 3.05) is 26.2 Å². The summed E-state index contributed by atoms with van der Waals surface area (Å²) in [6.07, 6.45) is 11.3. The molecule has 0 aromatic heterocycles. The highest BCUT2D eigenvalue weighted by atomic mass is 16.3. The first-order valence-electron chi connectivity index (χ1n) is 9.89. The number of urea groups is 2. The van der Waals surface area contributed by atoms with Crippen LogP contribution >= 0.6 is 0 Å². The summed E-state index contributed by atoms with van der Waals surface area (Å²) in [6, 6.07) is 0.209. The van der Waals surface area contributed by atoms with Gasteiger partial charge in [0.05, 0.1) is 6.61 Å². The molecular formula is C18H34N4O3. The molecule has 7 nitrogen and oxygen atoms in total. The second kappa shape index (κ2) is 11.2. The van der Waals surface area contributed by atoms with Gasteiger partial charge in [0.1, 0.15) is 0 Å². The van der Waals surface area contributed by atoms with Crippen molar-refractivity contribution in [3.8, 4) is 0 Å². The van der Waals surface area contributed by atoms with Gasteiger partial charge in [-0.15, -0.1) is 0 Å². The molecule has 0 bridgehead atoms. The van der Waals surface area contributed by atoms with Gasteiger partial charge in [0, 0.05) is 31.7 Å². The molecule has 2 aliphatic rings. The zero-order valence-corrected chi connectivity index (χ0v) is 15.3. The average Bonchev–Trinajstić information content (AvgIpc) is 2.62. The van der Waals surface area contributed by atoms with E-state index < -0.39 is 0 Å². The molecule has 4 N–H and O–H groups in total. The highest BCUT2D eigenvalue weighted by Crippen LogP contribution is 2.18. The van der Waals surface area contributed by atoms with E-state index in [9.17, 15) is 14.7 Å². The van der Waals surface area contributed by atoms with Crippen LogP contribution in [-0.2, 0) is 0 Å². The summed E-state index contributed by atoms with van der Waals surface area (Å²) >= 11 is 0. The van der Waals surface area contributed by atoms with Gasteiger partial charge in [0.2, 0.25) is 0 Å². The second-order valence-corrected chi connectivity index (χ2v) is 7.23. The predicted octanol–water partition coefficient (Wildman–Crippen LogP) is 1.95. The molecular weight excluding hydrogens is 320 g/mol. The topological polar surface area (TPSA) is 93.7 Å². The fourth-order valence-corrected chi connectivity index (χ4v) is 3.74. The molecule has 0 spiro atoms. The Morgan fingerprint density at radius 1 is 0.840 bits per heavy atom. The number of nitrogens with zero attached hydrogens (tertiary/aromatic N) is 1. The Labute approximate surface area is 150 Å². The lowest BCUT2D eigenvalue weighted by Crippen LogP contribution is -2.50. The zero-order chi connectivity index (χ0) is 17.9. The van der Waals surface area contributed by atoms with Crippen molar-refractivity contribution in [1.29, 1.82) is 0 Å².